The fourth-order valence-electron chi connectivity index (χ4n) is 0. The van der Waals surface area contributed by atoms with Gasteiger partial charge in [-0.1, -0.05) is 0 Å². The molecule has 0 spiro atoms. The van der Waals surface area contributed by atoms with Crippen LogP contribution in [0.1, 0.15) is 0 Å². The maximum absolute atomic E-state index is 0. The molecule has 0 aliphatic carbocycles. The van der Waals surface area contributed by atoms with E-state index in [-0.39, 0.29) is 108 Å². The molecule has 0 aliphatic heterocycles. The van der Waals surface area contributed by atoms with Gasteiger partial charge in [0.1, 0.15) is 0 Å². The van der Waals surface area contributed by atoms with Crippen LogP contribution in [0.4, 0.5) is 0 Å². The van der Waals surface area contributed by atoms with Crippen molar-refractivity contribution in [2.24, 2.45) is 0 Å². The quantitative estimate of drug-likeness (QED) is 0.362. The first-order chi connectivity index (χ1) is 0. The van der Waals surface area contributed by atoms with E-state index in [9.17, 15) is 0 Å². The SMILES string of the molecule is O.O.O.O.O.O.[Cl-].[Cl-].[Cl-].[Ho+3]. The molecule has 0 aromatic rings. The summed E-state index contributed by atoms with van der Waals surface area (Å²) in [5.74, 6) is 0. The van der Waals surface area contributed by atoms with Crippen molar-refractivity contribution in [2.75, 3.05) is 0 Å². The summed E-state index contributed by atoms with van der Waals surface area (Å²) in [6.45, 7) is 0. The van der Waals surface area contributed by atoms with Gasteiger partial charge in [-0.25, -0.2) is 0 Å². The zero-order chi connectivity index (χ0) is 0. The summed E-state index contributed by atoms with van der Waals surface area (Å²) in [6, 6.07) is 0. The molecule has 0 saturated carbocycles. The van der Waals surface area contributed by atoms with Gasteiger partial charge in [0.2, 0.25) is 0 Å². The van der Waals surface area contributed by atoms with Crippen LogP contribution in [0.3, 0.4) is 0 Å². The molecule has 10 heavy (non-hydrogen) atoms. The Morgan fingerprint density at radius 1 is 0.300 bits per heavy atom. The molecule has 0 bridgehead atoms. The summed E-state index contributed by atoms with van der Waals surface area (Å²) in [5.41, 5.74) is 0. The van der Waals surface area contributed by atoms with Gasteiger partial charge in [0, 0.05) is 0 Å². The van der Waals surface area contributed by atoms with E-state index in [0.29, 0.717) is 0 Å². The molecule has 6 nitrogen and oxygen atoms in total. The number of hydrogen-bond donors (Lipinski definition) is 0. The molecule has 0 heterocycles. The second kappa shape index (κ2) is 298. The summed E-state index contributed by atoms with van der Waals surface area (Å²) < 4.78 is 0. The van der Waals surface area contributed by atoms with E-state index in [1.54, 1.807) is 0 Å². The average Bonchev–Trinajstić information content (AvgIpc) is 0. The summed E-state index contributed by atoms with van der Waals surface area (Å²) >= 11 is 0. The Kier molecular flexibility index (Phi) is 11800. The smallest absolute Gasteiger partial charge is 1.00 e. The van der Waals surface area contributed by atoms with Crippen molar-refractivity contribution < 1.29 is 108 Å². The summed E-state index contributed by atoms with van der Waals surface area (Å²) in [4.78, 5) is 0. The van der Waals surface area contributed by atoms with Crippen LogP contribution in [0.25, 0.3) is 0 Å². The van der Waals surface area contributed by atoms with Crippen LogP contribution in [0.2, 0.25) is 0 Å². The molecule has 0 aliphatic rings. The predicted molar refractivity (Wildman–Crippen MR) is 21.7 cm³/mol. The second-order valence-corrected chi connectivity index (χ2v) is 0. The molecular formula is H12Cl3HoO6. The first-order valence-electron chi connectivity index (χ1n) is 0. The van der Waals surface area contributed by atoms with Crippen molar-refractivity contribution >= 4 is 0 Å². The van der Waals surface area contributed by atoms with Crippen molar-refractivity contribution in [1.82, 2.24) is 0 Å². The number of rotatable bonds is 0. The van der Waals surface area contributed by atoms with Gasteiger partial charge in [0.05, 0.1) is 0 Å². The van der Waals surface area contributed by atoms with Gasteiger partial charge in [0.15, 0.2) is 0 Å². The van der Waals surface area contributed by atoms with Crippen molar-refractivity contribution in [3.8, 4) is 0 Å². The Morgan fingerprint density at radius 3 is 0.300 bits per heavy atom. The van der Waals surface area contributed by atoms with Crippen LogP contribution >= 0.6 is 0 Å². The van der Waals surface area contributed by atoms with Crippen LogP contribution in [-0.2, 0) is 0 Å². The Labute approximate surface area is 107 Å². The van der Waals surface area contributed by atoms with Crippen molar-refractivity contribution in [1.29, 1.82) is 0 Å². The first-order valence-corrected chi connectivity index (χ1v) is 0. The third kappa shape index (κ3) is 219. The molecule has 0 rings (SSSR count). The van der Waals surface area contributed by atoms with E-state index < -0.39 is 0 Å². The molecule has 0 unspecified atom stereocenters. The summed E-state index contributed by atoms with van der Waals surface area (Å²) in [6.07, 6.45) is 0. The summed E-state index contributed by atoms with van der Waals surface area (Å²) in [7, 11) is 0. The van der Waals surface area contributed by atoms with E-state index in [0.717, 1.165) is 0 Å². The Balaban J connectivity index is 0. The van der Waals surface area contributed by atoms with E-state index >= 15 is 0 Å². The van der Waals surface area contributed by atoms with Crippen LogP contribution < -0.4 is 37.2 Å². The van der Waals surface area contributed by atoms with E-state index in [2.05, 4.69) is 0 Å². The molecule has 0 aromatic carbocycles. The minimum Gasteiger partial charge on any atom is -1.00 e. The number of halogens is 3. The van der Waals surface area contributed by atoms with Gasteiger partial charge in [-0.15, -0.1) is 0 Å². The standard InChI is InChI=1S/3ClH.Ho.6H2O/h3*1H;;6*1H2/q;;;+3;;;;;;/p-3. The molecule has 0 aromatic heterocycles. The Hall–Kier alpha value is 1.89. The number of hydrogen-bond acceptors (Lipinski definition) is 0. The van der Waals surface area contributed by atoms with Gasteiger partial charge >= 0.3 is 37.7 Å². The Morgan fingerprint density at radius 2 is 0.300 bits per heavy atom. The first kappa shape index (κ1) is 395. The predicted octanol–water partition coefficient (Wildman–Crippen LogP) is -13.9. The van der Waals surface area contributed by atoms with Gasteiger partial charge in [0.25, 0.3) is 0 Å². The van der Waals surface area contributed by atoms with Crippen molar-refractivity contribution in [3.63, 3.8) is 0 Å². The molecular weight excluding hydrogens is 367 g/mol. The third-order valence-corrected chi connectivity index (χ3v) is 0. The van der Waals surface area contributed by atoms with Crippen LogP contribution in [0, 0.1) is 37.7 Å². The minimum absolute atomic E-state index is 0. The average molecular weight is 379 g/mol. The molecule has 0 saturated heterocycles. The third-order valence-electron chi connectivity index (χ3n) is 0. The fourth-order valence-corrected chi connectivity index (χ4v) is 0. The fraction of sp³-hybridized carbons (Fsp3) is 0. The zero-order valence-corrected chi connectivity index (χ0v) is 8.64. The summed E-state index contributed by atoms with van der Waals surface area (Å²) in [5, 5.41) is 0. The minimum atomic E-state index is 0. The maximum Gasteiger partial charge on any atom is 3.00 e. The van der Waals surface area contributed by atoms with Crippen LogP contribution in [-0.4, -0.2) is 32.9 Å². The van der Waals surface area contributed by atoms with Gasteiger partial charge in [-0.2, -0.15) is 0 Å². The second-order valence-electron chi connectivity index (χ2n) is 0. The monoisotopic (exact) mass is 378 g/mol. The van der Waals surface area contributed by atoms with Gasteiger partial charge in [-0.05, 0) is 0 Å². The van der Waals surface area contributed by atoms with Crippen molar-refractivity contribution in [2.45, 2.75) is 0 Å². The van der Waals surface area contributed by atoms with E-state index in [1.165, 1.54) is 0 Å². The van der Waals surface area contributed by atoms with E-state index in [1.807, 2.05) is 0 Å². The molecule has 0 radical (unpaired) electrons. The topological polar surface area (TPSA) is 189 Å². The van der Waals surface area contributed by atoms with Gasteiger partial charge < -0.3 is 70.1 Å². The van der Waals surface area contributed by atoms with Crippen LogP contribution in [0.15, 0.2) is 0 Å². The molecule has 0 fully saturated rings. The van der Waals surface area contributed by atoms with E-state index in [4.69, 9.17) is 0 Å². The molecule has 10 heteroatoms. The molecule has 0 atom stereocenters. The maximum atomic E-state index is 0. The largest absolute Gasteiger partial charge is 3.00 e. The normalized spacial score (nSPS) is 0. The van der Waals surface area contributed by atoms with Crippen LogP contribution in [0.5, 0.6) is 0 Å². The zero-order valence-electron chi connectivity index (χ0n) is 4.44. The van der Waals surface area contributed by atoms with Gasteiger partial charge in [-0.3, -0.25) is 0 Å². The molecule has 80 valence electrons. The van der Waals surface area contributed by atoms with Crippen molar-refractivity contribution in [3.05, 3.63) is 0 Å². The Bertz CT molecular complexity index is 13.0. The molecule has 0 amide bonds. The molecule has 12 N–H and O–H groups in total.